The van der Waals surface area contributed by atoms with E-state index in [1.807, 2.05) is 19.9 Å². The lowest BCUT2D eigenvalue weighted by molar-refractivity contribution is 1.08. The molecule has 1 heterocycles. The maximum absolute atomic E-state index is 4.47. The predicted octanol–water partition coefficient (Wildman–Crippen LogP) is 4.54. The Kier molecular flexibility index (Phi) is 4.45. The fourth-order valence-corrected chi connectivity index (χ4v) is 1.77. The lowest BCUT2D eigenvalue weighted by Gasteiger charge is -2.11. The Hall–Kier alpha value is -1.63. The Morgan fingerprint density at radius 3 is 2.47 bits per heavy atom. The molecule has 1 nitrogen and oxygen atoms in total. The molecular formula is C16H21N. The van der Waals surface area contributed by atoms with Crippen LogP contribution in [0.15, 0.2) is 36.4 Å². The molecule has 0 fully saturated rings. The van der Waals surface area contributed by atoms with Crippen LogP contribution < -0.4 is 0 Å². The van der Waals surface area contributed by atoms with Crippen LogP contribution in [0.2, 0.25) is 0 Å². The summed E-state index contributed by atoms with van der Waals surface area (Å²) in [5.41, 5.74) is 7.00. The van der Waals surface area contributed by atoms with Crippen LogP contribution in [0.25, 0.3) is 5.57 Å². The van der Waals surface area contributed by atoms with Gasteiger partial charge in [-0.2, -0.15) is 0 Å². The largest absolute Gasteiger partial charge is 0.258 e. The molecule has 90 valence electrons. The highest BCUT2D eigenvalue weighted by Crippen LogP contribution is 2.23. The molecule has 17 heavy (non-hydrogen) atoms. The van der Waals surface area contributed by atoms with E-state index >= 15 is 0 Å². The third kappa shape index (κ3) is 3.16. The molecule has 0 saturated carbocycles. The molecule has 1 heteroatoms. The highest BCUT2D eigenvalue weighted by molar-refractivity contribution is 5.77. The van der Waals surface area contributed by atoms with Gasteiger partial charge in [0.2, 0.25) is 0 Å². The van der Waals surface area contributed by atoms with E-state index in [-0.39, 0.29) is 0 Å². The van der Waals surface area contributed by atoms with Crippen molar-refractivity contribution < 1.29 is 0 Å². The van der Waals surface area contributed by atoms with Crippen molar-refractivity contribution >= 4 is 5.57 Å². The van der Waals surface area contributed by atoms with E-state index in [2.05, 4.69) is 50.6 Å². The highest BCUT2D eigenvalue weighted by atomic mass is 14.7. The van der Waals surface area contributed by atoms with Crippen molar-refractivity contribution in [3.05, 3.63) is 59.0 Å². The molecule has 0 aliphatic heterocycles. The Bertz CT molecular complexity index is 490. The Balaban J connectivity index is 3.40. The molecule has 0 bridgehead atoms. The van der Waals surface area contributed by atoms with E-state index in [9.17, 15) is 0 Å². The molecule has 0 N–H and O–H groups in total. The number of rotatable bonds is 3. The van der Waals surface area contributed by atoms with Gasteiger partial charge in [0.25, 0.3) is 0 Å². The fraction of sp³-hybridized carbons (Fsp3) is 0.312. The zero-order chi connectivity index (χ0) is 13.0. The van der Waals surface area contributed by atoms with Crippen LogP contribution in [0.5, 0.6) is 0 Å². The molecule has 0 unspecified atom stereocenters. The molecule has 0 saturated heterocycles. The van der Waals surface area contributed by atoms with Crippen LogP contribution in [0.1, 0.15) is 36.4 Å². The Labute approximate surface area is 105 Å². The van der Waals surface area contributed by atoms with Crippen LogP contribution in [0.3, 0.4) is 0 Å². The summed E-state index contributed by atoms with van der Waals surface area (Å²) in [4.78, 5) is 4.47. The standard InChI is InChI=1S/C16H21N/c1-7-11(3)9-15(8-2)16-10-12(4)17-14(6)13(16)5/h7-10H,2H2,1,3-6H3/b11-7-,15-9+. The van der Waals surface area contributed by atoms with Gasteiger partial charge in [-0.25, -0.2) is 0 Å². The number of pyridine rings is 1. The van der Waals surface area contributed by atoms with Crippen LogP contribution in [-0.2, 0) is 0 Å². The second kappa shape index (κ2) is 5.62. The van der Waals surface area contributed by atoms with Crippen LogP contribution >= 0.6 is 0 Å². The summed E-state index contributed by atoms with van der Waals surface area (Å²) in [6.45, 7) is 14.2. The van der Waals surface area contributed by atoms with Crippen LogP contribution in [0, 0.1) is 20.8 Å². The first-order valence-corrected chi connectivity index (χ1v) is 5.91. The summed E-state index contributed by atoms with van der Waals surface area (Å²) < 4.78 is 0. The van der Waals surface area contributed by atoms with Gasteiger partial charge in [0.15, 0.2) is 0 Å². The van der Waals surface area contributed by atoms with Gasteiger partial charge in [0.1, 0.15) is 0 Å². The number of nitrogens with zero attached hydrogens (tertiary/aromatic N) is 1. The number of hydrogen-bond acceptors (Lipinski definition) is 1. The normalized spacial score (nSPS) is 12.8. The number of hydrogen-bond donors (Lipinski definition) is 0. The summed E-state index contributed by atoms with van der Waals surface area (Å²) in [5, 5.41) is 0. The monoisotopic (exact) mass is 227 g/mol. The molecular weight excluding hydrogens is 206 g/mol. The Morgan fingerprint density at radius 2 is 1.94 bits per heavy atom. The van der Waals surface area contributed by atoms with Gasteiger partial charge in [-0.1, -0.05) is 30.4 Å². The van der Waals surface area contributed by atoms with Crippen molar-refractivity contribution in [1.29, 1.82) is 0 Å². The lowest BCUT2D eigenvalue weighted by atomic mass is 9.97. The third-order valence-corrected chi connectivity index (χ3v) is 3.01. The minimum Gasteiger partial charge on any atom is -0.258 e. The molecule has 0 radical (unpaired) electrons. The van der Waals surface area contributed by atoms with Crippen molar-refractivity contribution in [2.75, 3.05) is 0 Å². The van der Waals surface area contributed by atoms with Crippen LogP contribution in [0.4, 0.5) is 0 Å². The van der Waals surface area contributed by atoms with Gasteiger partial charge in [-0.3, -0.25) is 4.98 Å². The van der Waals surface area contributed by atoms with Gasteiger partial charge in [0.05, 0.1) is 0 Å². The van der Waals surface area contributed by atoms with E-state index < -0.39 is 0 Å². The van der Waals surface area contributed by atoms with Crippen molar-refractivity contribution in [1.82, 2.24) is 4.98 Å². The SMILES string of the molecule is C=C/C(=C\C(C)=C/C)c1cc(C)nc(C)c1C. The molecule has 0 aliphatic rings. The van der Waals surface area contributed by atoms with Gasteiger partial charge in [0, 0.05) is 11.4 Å². The summed E-state index contributed by atoms with van der Waals surface area (Å²) in [7, 11) is 0. The summed E-state index contributed by atoms with van der Waals surface area (Å²) in [5.74, 6) is 0. The quantitative estimate of drug-likeness (QED) is 0.691. The maximum atomic E-state index is 4.47. The molecule has 1 aromatic heterocycles. The number of allylic oxidation sites excluding steroid dienone is 5. The topological polar surface area (TPSA) is 12.9 Å². The van der Waals surface area contributed by atoms with E-state index in [1.165, 1.54) is 16.7 Å². The zero-order valence-electron chi connectivity index (χ0n) is 11.5. The minimum atomic E-state index is 1.05. The highest BCUT2D eigenvalue weighted by Gasteiger charge is 2.06. The summed E-state index contributed by atoms with van der Waals surface area (Å²) >= 11 is 0. The fourth-order valence-electron chi connectivity index (χ4n) is 1.77. The van der Waals surface area contributed by atoms with Crippen LogP contribution in [-0.4, -0.2) is 4.98 Å². The second-order valence-corrected chi connectivity index (χ2v) is 4.36. The Morgan fingerprint density at radius 1 is 1.29 bits per heavy atom. The third-order valence-electron chi connectivity index (χ3n) is 3.01. The average Bonchev–Trinajstić information content (AvgIpc) is 2.30. The smallest absolute Gasteiger partial charge is 0.0411 e. The molecule has 0 aromatic carbocycles. The van der Waals surface area contributed by atoms with E-state index in [1.54, 1.807) is 0 Å². The molecule has 0 amide bonds. The molecule has 0 aliphatic carbocycles. The van der Waals surface area contributed by atoms with Gasteiger partial charge < -0.3 is 0 Å². The molecule has 0 spiro atoms. The first-order valence-electron chi connectivity index (χ1n) is 5.91. The molecule has 1 aromatic rings. The van der Waals surface area contributed by atoms with E-state index in [4.69, 9.17) is 0 Å². The maximum Gasteiger partial charge on any atom is 0.0411 e. The first kappa shape index (κ1) is 13.4. The van der Waals surface area contributed by atoms with Crippen molar-refractivity contribution in [2.24, 2.45) is 0 Å². The molecule has 1 rings (SSSR count). The lowest BCUT2D eigenvalue weighted by Crippen LogP contribution is -1.96. The minimum absolute atomic E-state index is 1.05. The van der Waals surface area contributed by atoms with Crippen molar-refractivity contribution in [2.45, 2.75) is 34.6 Å². The zero-order valence-corrected chi connectivity index (χ0v) is 11.5. The predicted molar refractivity (Wildman–Crippen MR) is 76.1 cm³/mol. The second-order valence-electron chi connectivity index (χ2n) is 4.36. The van der Waals surface area contributed by atoms with Gasteiger partial charge in [-0.05, 0) is 57.4 Å². The number of aryl methyl sites for hydroxylation is 2. The first-order chi connectivity index (χ1) is 7.99. The van der Waals surface area contributed by atoms with Gasteiger partial charge >= 0.3 is 0 Å². The van der Waals surface area contributed by atoms with E-state index in [0.29, 0.717) is 0 Å². The summed E-state index contributed by atoms with van der Waals surface area (Å²) in [6, 6.07) is 2.12. The van der Waals surface area contributed by atoms with Gasteiger partial charge in [-0.15, -0.1) is 0 Å². The molecule has 0 atom stereocenters. The van der Waals surface area contributed by atoms with Crippen molar-refractivity contribution in [3.63, 3.8) is 0 Å². The average molecular weight is 227 g/mol. The van der Waals surface area contributed by atoms with E-state index in [0.717, 1.165) is 17.0 Å². The number of aromatic nitrogens is 1. The van der Waals surface area contributed by atoms with Crippen molar-refractivity contribution in [3.8, 4) is 0 Å². The summed E-state index contributed by atoms with van der Waals surface area (Å²) in [6.07, 6.45) is 6.17.